The number of carbonyl (C=O) groups is 1. The topological polar surface area (TPSA) is 78.3 Å². The van der Waals surface area contributed by atoms with Crippen molar-refractivity contribution in [1.82, 2.24) is 14.8 Å². The molecule has 4 aromatic rings. The van der Waals surface area contributed by atoms with Crippen LogP contribution < -0.4 is 14.8 Å². The molecular formula is C25H23ClN4O3. The number of aromatic nitrogens is 3. The van der Waals surface area contributed by atoms with Gasteiger partial charge in [0, 0.05) is 16.7 Å². The Hall–Kier alpha value is -3.84. The fourth-order valence-corrected chi connectivity index (χ4v) is 3.54. The number of anilines is 1. The Morgan fingerprint density at radius 3 is 2.48 bits per heavy atom. The van der Waals surface area contributed by atoms with Gasteiger partial charge in [-0.2, -0.15) is 0 Å². The molecule has 8 heteroatoms. The number of hydrogen-bond acceptors (Lipinski definition) is 5. The predicted molar refractivity (Wildman–Crippen MR) is 129 cm³/mol. The molecule has 0 unspecified atom stereocenters. The van der Waals surface area contributed by atoms with Crippen molar-refractivity contribution in [3.05, 3.63) is 82.6 Å². The van der Waals surface area contributed by atoms with E-state index < -0.39 is 5.91 Å². The average Bonchev–Trinajstić information content (AvgIpc) is 3.26. The molecule has 0 saturated heterocycles. The summed E-state index contributed by atoms with van der Waals surface area (Å²) in [6, 6.07) is 18.4. The Morgan fingerprint density at radius 2 is 1.79 bits per heavy atom. The number of carbonyl (C=O) groups excluding carboxylic acids is 1. The third kappa shape index (κ3) is 4.68. The highest BCUT2D eigenvalue weighted by Gasteiger charge is 2.21. The van der Waals surface area contributed by atoms with Gasteiger partial charge >= 0.3 is 0 Å². The second-order valence-corrected chi connectivity index (χ2v) is 7.91. The van der Waals surface area contributed by atoms with Crippen LogP contribution in [0.15, 0.2) is 60.7 Å². The van der Waals surface area contributed by atoms with E-state index in [2.05, 4.69) is 15.4 Å². The van der Waals surface area contributed by atoms with Gasteiger partial charge in [0.1, 0.15) is 11.5 Å². The molecule has 1 amide bonds. The normalized spacial score (nSPS) is 10.7. The molecule has 0 radical (unpaired) electrons. The molecule has 1 aromatic heterocycles. The first-order chi connectivity index (χ1) is 15.9. The van der Waals surface area contributed by atoms with E-state index in [9.17, 15) is 4.79 Å². The molecule has 33 heavy (non-hydrogen) atoms. The minimum Gasteiger partial charge on any atom is -0.497 e. The van der Waals surface area contributed by atoms with Crippen molar-refractivity contribution in [3.63, 3.8) is 0 Å². The summed E-state index contributed by atoms with van der Waals surface area (Å²) in [5.74, 6) is 1.11. The molecular weight excluding hydrogens is 440 g/mol. The summed E-state index contributed by atoms with van der Waals surface area (Å²) in [5.41, 5.74) is 4.25. The maximum absolute atomic E-state index is 13.1. The van der Waals surface area contributed by atoms with Crippen molar-refractivity contribution in [3.8, 4) is 28.6 Å². The summed E-state index contributed by atoms with van der Waals surface area (Å²) in [4.78, 5) is 17.7. The largest absolute Gasteiger partial charge is 0.497 e. The van der Waals surface area contributed by atoms with E-state index in [1.807, 2.05) is 44.2 Å². The number of ether oxygens (including phenoxy) is 2. The zero-order chi connectivity index (χ0) is 23.5. The number of halogens is 1. The van der Waals surface area contributed by atoms with E-state index in [0.717, 1.165) is 22.4 Å². The molecule has 4 rings (SSSR count). The van der Waals surface area contributed by atoms with Gasteiger partial charge in [0.25, 0.3) is 5.91 Å². The van der Waals surface area contributed by atoms with Crippen molar-refractivity contribution in [2.45, 2.75) is 13.8 Å². The van der Waals surface area contributed by atoms with Crippen LogP contribution in [0.4, 0.5) is 5.69 Å². The van der Waals surface area contributed by atoms with Crippen molar-refractivity contribution >= 4 is 23.2 Å². The summed E-state index contributed by atoms with van der Waals surface area (Å²) in [7, 11) is 3.08. The molecule has 1 N–H and O–H groups in total. The van der Waals surface area contributed by atoms with Gasteiger partial charge in [0.15, 0.2) is 5.82 Å². The van der Waals surface area contributed by atoms with Gasteiger partial charge < -0.3 is 14.8 Å². The highest BCUT2D eigenvalue weighted by atomic mass is 35.5. The first kappa shape index (κ1) is 22.4. The van der Waals surface area contributed by atoms with Gasteiger partial charge in [0.2, 0.25) is 5.82 Å². The minimum atomic E-state index is -0.479. The van der Waals surface area contributed by atoms with E-state index >= 15 is 0 Å². The van der Waals surface area contributed by atoms with Crippen molar-refractivity contribution in [1.29, 1.82) is 0 Å². The van der Waals surface area contributed by atoms with Crippen LogP contribution in [0.2, 0.25) is 5.02 Å². The Morgan fingerprint density at radius 1 is 0.970 bits per heavy atom. The zero-order valence-corrected chi connectivity index (χ0v) is 19.5. The van der Waals surface area contributed by atoms with Crippen LogP contribution in [0.25, 0.3) is 17.1 Å². The van der Waals surface area contributed by atoms with Crippen LogP contribution in [0.3, 0.4) is 0 Å². The van der Waals surface area contributed by atoms with Gasteiger partial charge in [-0.25, -0.2) is 9.67 Å². The lowest BCUT2D eigenvalue weighted by molar-refractivity contribution is 0.101. The third-order valence-corrected chi connectivity index (χ3v) is 5.52. The highest BCUT2D eigenvalue weighted by Crippen LogP contribution is 2.30. The summed E-state index contributed by atoms with van der Waals surface area (Å²) in [6.07, 6.45) is 0. The molecule has 0 saturated carbocycles. The summed E-state index contributed by atoms with van der Waals surface area (Å²) in [6.45, 7) is 4.07. The molecule has 0 aliphatic heterocycles. The molecule has 0 aliphatic rings. The maximum Gasteiger partial charge on any atom is 0.295 e. The zero-order valence-electron chi connectivity index (χ0n) is 18.7. The Balaban J connectivity index is 1.78. The van der Waals surface area contributed by atoms with Crippen LogP contribution >= 0.6 is 11.6 Å². The van der Waals surface area contributed by atoms with E-state index in [4.69, 9.17) is 21.1 Å². The van der Waals surface area contributed by atoms with E-state index in [1.54, 1.807) is 42.1 Å². The van der Waals surface area contributed by atoms with Crippen LogP contribution in [-0.2, 0) is 0 Å². The minimum absolute atomic E-state index is 0.00748. The quantitative estimate of drug-likeness (QED) is 0.411. The lowest BCUT2D eigenvalue weighted by Gasteiger charge is -2.10. The number of aryl methyl sites for hydroxylation is 2. The lowest BCUT2D eigenvalue weighted by Crippen LogP contribution is -2.15. The number of hydrogen-bond donors (Lipinski definition) is 1. The Kier molecular flexibility index (Phi) is 6.33. The van der Waals surface area contributed by atoms with Crippen molar-refractivity contribution in [2.24, 2.45) is 0 Å². The van der Waals surface area contributed by atoms with E-state index in [0.29, 0.717) is 28.0 Å². The fraction of sp³-hybridized carbons (Fsp3) is 0.160. The molecule has 3 aromatic carbocycles. The van der Waals surface area contributed by atoms with Gasteiger partial charge in [-0.15, -0.1) is 5.10 Å². The third-order valence-electron chi connectivity index (χ3n) is 5.28. The van der Waals surface area contributed by atoms with Gasteiger partial charge in [-0.05, 0) is 61.4 Å². The first-order valence-electron chi connectivity index (χ1n) is 10.2. The number of amides is 1. The van der Waals surface area contributed by atoms with Crippen LogP contribution in [0.5, 0.6) is 11.5 Å². The van der Waals surface area contributed by atoms with Crippen molar-refractivity contribution < 1.29 is 14.3 Å². The molecule has 1 heterocycles. The standard InChI is InChI=1S/C25H23ClN4O3/c1-15-8-9-19(12-16(15)2)30-24(17-6-5-7-18(26)13-17)28-23(29-30)25(31)27-21-14-20(32-3)10-11-22(21)33-4/h5-14H,1-4H3,(H,27,31). The smallest absolute Gasteiger partial charge is 0.295 e. The molecule has 7 nitrogen and oxygen atoms in total. The molecule has 0 fully saturated rings. The number of rotatable bonds is 6. The highest BCUT2D eigenvalue weighted by molar-refractivity contribution is 6.30. The van der Waals surface area contributed by atoms with Gasteiger partial charge in [0.05, 0.1) is 25.6 Å². The van der Waals surface area contributed by atoms with Crippen molar-refractivity contribution in [2.75, 3.05) is 19.5 Å². The SMILES string of the molecule is COc1ccc(OC)c(NC(=O)c2nc(-c3cccc(Cl)c3)n(-c3ccc(C)c(C)c3)n2)c1. The van der Waals surface area contributed by atoms with E-state index in [1.165, 1.54) is 7.11 Å². The summed E-state index contributed by atoms with van der Waals surface area (Å²) in [5, 5.41) is 7.91. The number of benzene rings is 3. The molecule has 0 atom stereocenters. The average molecular weight is 463 g/mol. The van der Waals surface area contributed by atoms with Crippen LogP contribution in [-0.4, -0.2) is 34.9 Å². The van der Waals surface area contributed by atoms with E-state index in [-0.39, 0.29) is 5.82 Å². The van der Waals surface area contributed by atoms with Gasteiger partial charge in [-0.1, -0.05) is 29.8 Å². The number of nitrogens with one attached hydrogen (secondary N) is 1. The summed E-state index contributed by atoms with van der Waals surface area (Å²) >= 11 is 6.22. The molecule has 0 spiro atoms. The first-order valence-corrected chi connectivity index (χ1v) is 10.6. The monoisotopic (exact) mass is 462 g/mol. The summed E-state index contributed by atoms with van der Waals surface area (Å²) < 4.78 is 12.3. The molecule has 0 bridgehead atoms. The fourth-order valence-electron chi connectivity index (χ4n) is 3.35. The second kappa shape index (κ2) is 9.34. The number of methoxy groups -OCH3 is 2. The molecule has 0 aliphatic carbocycles. The lowest BCUT2D eigenvalue weighted by atomic mass is 10.1. The Labute approximate surface area is 196 Å². The maximum atomic E-state index is 13.1. The van der Waals surface area contributed by atoms with Crippen LogP contribution in [0.1, 0.15) is 21.7 Å². The number of nitrogens with zero attached hydrogens (tertiary/aromatic N) is 3. The van der Waals surface area contributed by atoms with Crippen LogP contribution in [0, 0.1) is 13.8 Å². The predicted octanol–water partition coefficient (Wildman–Crippen LogP) is 5.47. The molecule has 168 valence electrons. The Bertz CT molecular complexity index is 1330. The second-order valence-electron chi connectivity index (χ2n) is 7.47. The van der Waals surface area contributed by atoms with Gasteiger partial charge in [-0.3, -0.25) is 4.79 Å².